The zero-order valence-corrected chi connectivity index (χ0v) is 7.12. The van der Waals surface area contributed by atoms with Crippen LogP contribution in [0.4, 0.5) is 0 Å². The van der Waals surface area contributed by atoms with Crippen molar-refractivity contribution in [1.82, 2.24) is 0 Å². The molecule has 1 unspecified atom stereocenters. The van der Waals surface area contributed by atoms with Gasteiger partial charge in [-0.2, -0.15) is 0 Å². The predicted octanol–water partition coefficient (Wildman–Crippen LogP) is 3.25. The molecule has 1 atom stereocenters. The van der Waals surface area contributed by atoms with Crippen LogP contribution in [0, 0.1) is 5.92 Å². The number of hydrogen-bond donors (Lipinski definition) is 0. The van der Waals surface area contributed by atoms with Crippen LogP contribution < -0.4 is 0 Å². The summed E-state index contributed by atoms with van der Waals surface area (Å²) in [4.78, 5) is 0. The van der Waals surface area contributed by atoms with Crippen LogP contribution in [0.1, 0.15) is 13.8 Å². The van der Waals surface area contributed by atoms with Crippen LogP contribution in [0.3, 0.4) is 0 Å². The molecular weight excluding hydrogens is 132 g/mol. The maximum atomic E-state index is 2.20. The summed E-state index contributed by atoms with van der Waals surface area (Å²) in [6.07, 6.45) is 14.7. The second kappa shape index (κ2) is 3.97. The Hall–Kier alpha value is -1.04. The Labute approximate surface area is 68.6 Å². The number of allylic oxidation sites excluding steroid dienone is 8. The molecule has 11 heavy (non-hydrogen) atoms. The average molecular weight is 146 g/mol. The lowest BCUT2D eigenvalue weighted by Crippen LogP contribution is -1.89. The molecule has 0 aromatic rings. The topological polar surface area (TPSA) is 0 Å². The standard InChI is InChI=1S/C11H14/c1-10-8-6-4-3-5-7-9-11(10)2/h3-10H,1-2H3. The molecule has 58 valence electrons. The van der Waals surface area contributed by atoms with Gasteiger partial charge in [-0.1, -0.05) is 55.0 Å². The van der Waals surface area contributed by atoms with Gasteiger partial charge in [-0.05, 0) is 12.8 Å². The van der Waals surface area contributed by atoms with Crippen molar-refractivity contribution in [3.63, 3.8) is 0 Å². The Balaban J connectivity index is 2.83. The van der Waals surface area contributed by atoms with Crippen molar-refractivity contribution in [2.45, 2.75) is 13.8 Å². The minimum Gasteiger partial charge on any atom is -0.0776 e. The molecule has 0 bridgehead atoms. The molecule has 0 aliphatic heterocycles. The summed E-state index contributed by atoms with van der Waals surface area (Å²) in [5, 5.41) is 0. The molecule has 0 saturated heterocycles. The Bertz CT molecular complexity index is 226. The summed E-state index contributed by atoms with van der Waals surface area (Å²) in [7, 11) is 0. The van der Waals surface area contributed by atoms with Crippen molar-refractivity contribution in [3.8, 4) is 0 Å². The van der Waals surface area contributed by atoms with Crippen LogP contribution in [0.2, 0.25) is 0 Å². The first-order valence-corrected chi connectivity index (χ1v) is 3.99. The fraction of sp³-hybridized carbons (Fsp3) is 0.273. The molecule has 0 aromatic heterocycles. The van der Waals surface area contributed by atoms with Gasteiger partial charge in [0.15, 0.2) is 0 Å². The van der Waals surface area contributed by atoms with E-state index in [1.807, 2.05) is 12.2 Å². The van der Waals surface area contributed by atoms with Crippen LogP contribution in [-0.2, 0) is 0 Å². The van der Waals surface area contributed by atoms with Crippen molar-refractivity contribution < 1.29 is 0 Å². The fourth-order valence-electron chi connectivity index (χ4n) is 0.934. The molecule has 0 spiro atoms. The Morgan fingerprint density at radius 3 is 2.45 bits per heavy atom. The second-order valence-electron chi connectivity index (χ2n) is 2.85. The van der Waals surface area contributed by atoms with E-state index in [1.54, 1.807) is 0 Å². The van der Waals surface area contributed by atoms with Crippen LogP contribution in [0.25, 0.3) is 0 Å². The molecule has 1 rings (SSSR count). The van der Waals surface area contributed by atoms with Gasteiger partial charge in [0.05, 0.1) is 0 Å². The highest BCUT2D eigenvalue weighted by Crippen LogP contribution is 2.11. The largest absolute Gasteiger partial charge is 0.0776 e. The first kappa shape index (κ1) is 8.06. The molecule has 0 amide bonds. The van der Waals surface area contributed by atoms with Crippen molar-refractivity contribution in [2.75, 3.05) is 0 Å². The van der Waals surface area contributed by atoms with Gasteiger partial charge in [-0.25, -0.2) is 0 Å². The highest BCUT2D eigenvalue weighted by atomic mass is 14.0. The fourth-order valence-corrected chi connectivity index (χ4v) is 0.934. The summed E-state index contributed by atoms with van der Waals surface area (Å²) in [6, 6.07) is 0. The summed E-state index contributed by atoms with van der Waals surface area (Å²) in [6.45, 7) is 4.36. The summed E-state index contributed by atoms with van der Waals surface area (Å²) in [5.41, 5.74) is 1.40. The molecule has 0 heterocycles. The highest BCUT2D eigenvalue weighted by molar-refractivity contribution is 5.24. The zero-order chi connectivity index (χ0) is 8.10. The zero-order valence-electron chi connectivity index (χ0n) is 7.12. The summed E-state index contributed by atoms with van der Waals surface area (Å²) in [5.74, 6) is 0.558. The molecular formula is C11H14. The van der Waals surface area contributed by atoms with E-state index in [-0.39, 0.29) is 0 Å². The third-order valence-corrected chi connectivity index (χ3v) is 1.92. The van der Waals surface area contributed by atoms with Gasteiger partial charge in [0.25, 0.3) is 0 Å². The van der Waals surface area contributed by atoms with Gasteiger partial charge >= 0.3 is 0 Å². The molecule has 0 nitrogen and oxygen atoms in total. The molecule has 0 fully saturated rings. The van der Waals surface area contributed by atoms with Crippen molar-refractivity contribution >= 4 is 0 Å². The second-order valence-corrected chi connectivity index (χ2v) is 2.85. The average Bonchev–Trinajstić information content (AvgIpc) is 2.07. The minimum absolute atomic E-state index is 0.558. The third-order valence-electron chi connectivity index (χ3n) is 1.92. The highest BCUT2D eigenvalue weighted by Gasteiger charge is 1.96. The monoisotopic (exact) mass is 146 g/mol. The van der Waals surface area contributed by atoms with Crippen molar-refractivity contribution in [3.05, 3.63) is 48.1 Å². The molecule has 0 aromatic carbocycles. The molecule has 0 radical (unpaired) electrons. The van der Waals surface area contributed by atoms with Gasteiger partial charge in [-0.3, -0.25) is 0 Å². The number of hydrogen-bond acceptors (Lipinski definition) is 0. The lowest BCUT2D eigenvalue weighted by atomic mass is 10.0. The van der Waals surface area contributed by atoms with Crippen LogP contribution in [-0.4, -0.2) is 0 Å². The maximum Gasteiger partial charge on any atom is -0.00482 e. The van der Waals surface area contributed by atoms with Crippen LogP contribution in [0.15, 0.2) is 48.1 Å². The summed E-state index contributed by atoms with van der Waals surface area (Å²) < 4.78 is 0. The molecule has 1 aliphatic rings. The van der Waals surface area contributed by atoms with Crippen molar-refractivity contribution in [1.29, 1.82) is 0 Å². The van der Waals surface area contributed by atoms with E-state index in [0.29, 0.717) is 5.92 Å². The van der Waals surface area contributed by atoms with E-state index in [0.717, 1.165) is 0 Å². The van der Waals surface area contributed by atoms with E-state index in [2.05, 4.69) is 44.2 Å². The Morgan fingerprint density at radius 2 is 1.64 bits per heavy atom. The third kappa shape index (κ3) is 2.58. The molecule has 1 aliphatic carbocycles. The van der Waals surface area contributed by atoms with Crippen molar-refractivity contribution in [2.24, 2.45) is 5.92 Å². The van der Waals surface area contributed by atoms with Gasteiger partial charge in [0.2, 0.25) is 0 Å². The Morgan fingerprint density at radius 1 is 1.00 bits per heavy atom. The predicted molar refractivity (Wildman–Crippen MR) is 50.3 cm³/mol. The van der Waals surface area contributed by atoms with Crippen LogP contribution in [0.5, 0.6) is 0 Å². The first-order chi connectivity index (χ1) is 5.30. The Kier molecular flexibility index (Phi) is 2.91. The van der Waals surface area contributed by atoms with E-state index >= 15 is 0 Å². The smallest absolute Gasteiger partial charge is 0.00482 e. The van der Waals surface area contributed by atoms with E-state index in [4.69, 9.17) is 0 Å². The maximum absolute atomic E-state index is 2.20. The van der Waals surface area contributed by atoms with Crippen LogP contribution >= 0.6 is 0 Å². The SMILES string of the molecule is CC1=CC=CC=CC=CC1C. The lowest BCUT2D eigenvalue weighted by molar-refractivity contribution is 0.863. The minimum atomic E-state index is 0.558. The van der Waals surface area contributed by atoms with Gasteiger partial charge < -0.3 is 0 Å². The van der Waals surface area contributed by atoms with E-state index in [9.17, 15) is 0 Å². The summed E-state index contributed by atoms with van der Waals surface area (Å²) >= 11 is 0. The molecule has 0 saturated carbocycles. The lowest BCUT2D eigenvalue weighted by Gasteiger charge is -2.03. The van der Waals surface area contributed by atoms with Gasteiger partial charge in [0.1, 0.15) is 0 Å². The number of rotatable bonds is 0. The van der Waals surface area contributed by atoms with E-state index in [1.165, 1.54) is 5.57 Å². The van der Waals surface area contributed by atoms with Gasteiger partial charge in [0, 0.05) is 0 Å². The first-order valence-electron chi connectivity index (χ1n) is 3.99. The molecule has 0 N–H and O–H groups in total. The van der Waals surface area contributed by atoms with Gasteiger partial charge in [-0.15, -0.1) is 0 Å². The van der Waals surface area contributed by atoms with E-state index < -0.39 is 0 Å². The normalized spacial score (nSPS) is 23.8. The quantitative estimate of drug-likeness (QED) is 0.492. The molecule has 0 heteroatoms.